The SMILES string of the molecule is O=C(NCC1(c2ccccc2)CCOCC1)C(=O)Nc1ccccc1C(F)(F)F. The lowest BCUT2D eigenvalue weighted by Gasteiger charge is -2.37. The lowest BCUT2D eigenvalue weighted by molar-refractivity contribution is -0.138. The molecule has 0 radical (unpaired) electrons. The first kappa shape index (κ1) is 20.9. The fraction of sp³-hybridized carbons (Fsp3) is 0.333. The van der Waals surface area contributed by atoms with Gasteiger partial charge >= 0.3 is 18.0 Å². The highest BCUT2D eigenvalue weighted by atomic mass is 19.4. The third-order valence-corrected chi connectivity index (χ3v) is 5.11. The standard InChI is InChI=1S/C21H21F3N2O3/c22-21(23,24)16-8-4-5-9-17(16)26-19(28)18(27)25-14-20(10-12-29-13-11-20)15-6-2-1-3-7-15/h1-9H,10-14H2,(H,25,27)(H,26,28). The van der Waals surface area contributed by atoms with Crippen LogP contribution in [0.5, 0.6) is 0 Å². The van der Waals surface area contributed by atoms with Gasteiger partial charge in [-0.1, -0.05) is 42.5 Å². The summed E-state index contributed by atoms with van der Waals surface area (Å²) in [6, 6.07) is 14.1. The molecule has 1 heterocycles. The largest absolute Gasteiger partial charge is 0.418 e. The lowest BCUT2D eigenvalue weighted by atomic mass is 9.74. The van der Waals surface area contributed by atoms with Crippen molar-refractivity contribution >= 4 is 17.5 Å². The number of hydrogen-bond donors (Lipinski definition) is 2. The van der Waals surface area contributed by atoms with E-state index >= 15 is 0 Å². The first-order valence-electron chi connectivity index (χ1n) is 9.20. The van der Waals surface area contributed by atoms with Crippen molar-refractivity contribution in [3.8, 4) is 0 Å². The first-order valence-corrected chi connectivity index (χ1v) is 9.20. The summed E-state index contributed by atoms with van der Waals surface area (Å²) in [4.78, 5) is 24.5. The van der Waals surface area contributed by atoms with Crippen molar-refractivity contribution in [3.05, 3.63) is 65.7 Å². The molecule has 1 aliphatic rings. The Morgan fingerprint density at radius 3 is 2.21 bits per heavy atom. The molecule has 2 amide bonds. The van der Waals surface area contributed by atoms with E-state index in [1.807, 2.05) is 30.3 Å². The minimum atomic E-state index is -4.64. The molecular formula is C21H21F3N2O3. The van der Waals surface area contributed by atoms with Gasteiger partial charge in [0.15, 0.2) is 0 Å². The number of amides is 2. The van der Waals surface area contributed by atoms with Crippen LogP contribution in [0.25, 0.3) is 0 Å². The first-order chi connectivity index (χ1) is 13.8. The van der Waals surface area contributed by atoms with Crippen molar-refractivity contribution in [1.82, 2.24) is 5.32 Å². The molecule has 1 saturated heterocycles. The second-order valence-corrected chi connectivity index (χ2v) is 6.94. The van der Waals surface area contributed by atoms with E-state index in [2.05, 4.69) is 10.6 Å². The monoisotopic (exact) mass is 406 g/mol. The van der Waals surface area contributed by atoms with Crippen LogP contribution in [0, 0.1) is 0 Å². The maximum atomic E-state index is 13.1. The summed E-state index contributed by atoms with van der Waals surface area (Å²) in [7, 11) is 0. The van der Waals surface area contributed by atoms with Crippen LogP contribution in [-0.4, -0.2) is 31.6 Å². The number of ether oxygens (including phenoxy) is 1. The van der Waals surface area contributed by atoms with E-state index in [4.69, 9.17) is 4.74 Å². The highest BCUT2D eigenvalue weighted by Gasteiger charge is 2.36. The quantitative estimate of drug-likeness (QED) is 0.764. The topological polar surface area (TPSA) is 67.4 Å². The Balaban J connectivity index is 1.69. The number of halogens is 3. The minimum Gasteiger partial charge on any atom is -0.381 e. The highest BCUT2D eigenvalue weighted by molar-refractivity contribution is 6.39. The molecule has 5 nitrogen and oxygen atoms in total. The van der Waals surface area contributed by atoms with E-state index in [-0.39, 0.29) is 12.0 Å². The summed E-state index contributed by atoms with van der Waals surface area (Å²) in [5, 5.41) is 4.64. The van der Waals surface area contributed by atoms with Gasteiger partial charge in [-0.2, -0.15) is 13.2 Å². The molecule has 0 atom stereocenters. The maximum absolute atomic E-state index is 13.1. The van der Waals surface area contributed by atoms with E-state index in [9.17, 15) is 22.8 Å². The number of rotatable bonds is 4. The molecule has 0 unspecified atom stereocenters. The summed E-state index contributed by atoms with van der Waals surface area (Å²) in [5.74, 6) is -2.12. The third-order valence-electron chi connectivity index (χ3n) is 5.11. The number of nitrogens with one attached hydrogen (secondary N) is 2. The van der Waals surface area contributed by atoms with Crippen molar-refractivity contribution in [1.29, 1.82) is 0 Å². The molecule has 2 N–H and O–H groups in total. The Kier molecular flexibility index (Phi) is 6.22. The molecule has 0 aromatic heterocycles. The van der Waals surface area contributed by atoms with Crippen LogP contribution >= 0.6 is 0 Å². The zero-order chi connectivity index (χ0) is 20.9. The number of benzene rings is 2. The zero-order valence-electron chi connectivity index (χ0n) is 15.6. The van der Waals surface area contributed by atoms with E-state index in [0.29, 0.717) is 26.1 Å². The van der Waals surface area contributed by atoms with Crippen LogP contribution in [-0.2, 0) is 25.9 Å². The molecule has 0 aliphatic carbocycles. The molecule has 29 heavy (non-hydrogen) atoms. The van der Waals surface area contributed by atoms with Crippen LogP contribution in [0.2, 0.25) is 0 Å². The number of carbonyl (C=O) groups excluding carboxylic acids is 2. The number of hydrogen-bond acceptors (Lipinski definition) is 3. The van der Waals surface area contributed by atoms with Crippen LogP contribution in [0.3, 0.4) is 0 Å². The van der Waals surface area contributed by atoms with Crippen molar-refractivity contribution < 1.29 is 27.5 Å². The summed E-state index contributed by atoms with van der Waals surface area (Å²) in [6.07, 6.45) is -3.31. The molecule has 154 valence electrons. The second kappa shape index (κ2) is 8.65. The van der Waals surface area contributed by atoms with Gasteiger partial charge in [0, 0.05) is 25.2 Å². The number of anilines is 1. The van der Waals surface area contributed by atoms with E-state index < -0.39 is 29.2 Å². The Bertz CT molecular complexity index is 863. The number of carbonyl (C=O) groups is 2. The second-order valence-electron chi connectivity index (χ2n) is 6.94. The summed E-state index contributed by atoms with van der Waals surface area (Å²) in [6.45, 7) is 1.24. The van der Waals surface area contributed by atoms with Gasteiger partial charge < -0.3 is 15.4 Å². The van der Waals surface area contributed by atoms with Gasteiger partial charge in [-0.05, 0) is 30.5 Å². The maximum Gasteiger partial charge on any atom is 0.418 e. The molecule has 2 aromatic rings. The van der Waals surface area contributed by atoms with Gasteiger partial charge in [-0.3, -0.25) is 9.59 Å². The molecule has 3 rings (SSSR count). The highest BCUT2D eigenvalue weighted by Crippen LogP contribution is 2.35. The number of alkyl halides is 3. The molecule has 0 saturated carbocycles. The summed E-state index contributed by atoms with van der Waals surface area (Å²) >= 11 is 0. The fourth-order valence-corrected chi connectivity index (χ4v) is 3.47. The Labute approximate surface area is 166 Å². The average Bonchev–Trinajstić information content (AvgIpc) is 2.73. The van der Waals surface area contributed by atoms with Crippen LogP contribution in [0.4, 0.5) is 18.9 Å². The average molecular weight is 406 g/mol. The Morgan fingerprint density at radius 1 is 0.931 bits per heavy atom. The van der Waals surface area contributed by atoms with Gasteiger partial charge in [-0.25, -0.2) is 0 Å². The van der Waals surface area contributed by atoms with Crippen molar-refractivity contribution in [3.63, 3.8) is 0 Å². The molecule has 1 aliphatic heterocycles. The lowest BCUT2D eigenvalue weighted by Crippen LogP contribution is -2.47. The van der Waals surface area contributed by atoms with E-state index in [1.165, 1.54) is 12.1 Å². The van der Waals surface area contributed by atoms with Gasteiger partial charge in [0.25, 0.3) is 0 Å². The summed E-state index contributed by atoms with van der Waals surface area (Å²) in [5.41, 5.74) is -0.832. The summed E-state index contributed by atoms with van der Waals surface area (Å²) < 4.78 is 44.6. The van der Waals surface area contributed by atoms with Crippen molar-refractivity contribution in [2.45, 2.75) is 24.4 Å². The molecule has 2 aromatic carbocycles. The number of para-hydroxylation sites is 1. The zero-order valence-corrected chi connectivity index (χ0v) is 15.6. The van der Waals surface area contributed by atoms with Crippen molar-refractivity contribution in [2.75, 3.05) is 25.1 Å². The molecule has 0 bridgehead atoms. The fourth-order valence-electron chi connectivity index (χ4n) is 3.47. The Hall–Kier alpha value is -2.87. The normalized spacial score (nSPS) is 16.1. The third kappa shape index (κ3) is 4.95. The predicted octanol–water partition coefficient (Wildman–Crippen LogP) is 3.51. The predicted molar refractivity (Wildman–Crippen MR) is 101 cm³/mol. The molecular weight excluding hydrogens is 385 g/mol. The Morgan fingerprint density at radius 2 is 1.55 bits per heavy atom. The molecule has 8 heteroatoms. The minimum absolute atomic E-state index is 0.188. The van der Waals surface area contributed by atoms with Gasteiger partial charge in [0.05, 0.1) is 11.3 Å². The molecule has 0 spiro atoms. The van der Waals surface area contributed by atoms with Gasteiger partial charge in [0.1, 0.15) is 0 Å². The van der Waals surface area contributed by atoms with Gasteiger partial charge in [-0.15, -0.1) is 0 Å². The van der Waals surface area contributed by atoms with Gasteiger partial charge in [0.2, 0.25) is 0 Å². The van der Waals surface area contributed by atoms with Crippen LogP contribution in [0.15, 0.2) is 54.6 Å². The van der Waals surface area contributed by atoms with E-state index in [0.717, 1.165) is 17.7 Å². The van der Waals surface area contributed by atoms with Crippen LogP contribution in [0.1, 0.15) is 24.0 Å². The molecule has 1 fully saturated rings. The van der Waals surface area contributed by atoms with Crippen LogP contribution < -0.4 is 10.6 Å². The smallest absolute Gasteiger partial charge is 0.381 e. The van der Waals surface area contributed by atoms with E-state index in [1.54, 1.807) is 0 Å². The van der Waals surface area contributed by atoms with Crippen molar-refractivity contribution in [2.24, 2.45) is 0 Å².